The van der Waals surface area contributed by atoms with Gasteiger partial charge < -0.3 is 10.2 Å². The van der Waals surface area contributed by atoms with Gasteiger partial charge in [0.15, 0.2) is 0 Å². The normalized spacial score (nSPS) is 26.8. The Balaban J connectivity index is 1.96. The smallest absolute Gasteiger partial charge is 0.140 e. The van der Waals surface area contributed by atoms with Crippen LogP contribution in [-0.4, -0.2) is 11.1 Å². The molecule has 3 N–H and O–H groups in total. The molecule has 0 amide bonds. The molecular formula is C16H27N3O. The highest BCUT2D eigenvalue weighted by Gasteiger charge is 2.31. The van der Waals surface area contributed by atoms with Crippen molar-refractivity contribution < 1.29 is 4.74 Å². The van der Waals surface area contributed by atoms with Crippen LogP contribution in [0, 0.1) is 17.8 Å². The van der Waals surface area contributed by atoms with E-state index in [0.29, 0.717) is 30.4 Å². The summed E-state index contributed by atoms with van der Waals surface area (Å²) < 4.78 is 6.18. The number of hydrazine groups is 1. The Labute approximate surface area is 122 Å². The molecule has 0 radical (unpaired) electrons. The van der Waals surface area contributed by atoms with Crippen LogP contribution in [0.15, 0.2) is 18.2 Å². The number of nitrogens with two attached hydrogens (primary N) is 1. The number of aromatic nitrogens is 1. The molecule has 3 atom stereocenters. The van der Waals surface area contributed by atoms with Gasteiger partial charge in [-0.2, -0.15) is 0 Å². The first-order valence-corrected chi connectivity index (χ1v) is 7.64. The topological polar surface area (TPSA) is 60.2 Å². The molecule has 4 heteroatoms. The van der Waals surface area contributed by atoms with E-state index < -0.39 is 0 Å². The molecule has 0 aliphatic heterocycles. The molecule has 0 spiro atoms. The van der Waals surface area contributed by atoms with Gasteiger partial charge in [-0.3, -0.25) is 0 Å². The van der Waals surface area contributed by atoms with Crippen LogP contribution in [-0.2, 0) is 11.3 Å². The van der Waals surface area contributed by atoms with Gasteiger partial charge >= 0.3 is 0 Å². The van der Waals surface area contributed by atoms with Crippen molar-refractivity contribution in [2.75, 3.05) is 5.43 Å². The van der Waals surface area contributed by atoms with Crippen molar-refractivity contribution in [3.8, 4) is 0 Å². The van der Waals surface area contributed by atoms with Crippen molar-refractivity contribution >= 4 is 5.82 Å². The minimum Gasteiger partial charge on any atom is -0.372 e. The Morgan fingerprint density at radius 3 is 2.90 bits per heavy atom. The molecule has 1 heterocycles. The number of nitrogens with one attached hydrogen (secondary N) is 1. The van der Waals surface area contributed by atoms with E-state index in [1.807, 2.05) is 18.2 Å². The van der Waals surface area contributed by atoms with Crippen LogP contribution in [0.4, 0.5) is 5.82 Å². The maximum atomic E-state index is 6.18. The molecule has 0 aromatic carbocycles. The average Bonchev–Trinajstić information content (AvgIpc) is 2.45. The number of nitrogens with zero attached hydrogens (tertiary/aromatic N) is 1. The summed E-state index contributed by atoms with van der Waals surface area (Å²) in [6, 6.07) is 5.78. The molecule has 3 unspecified atom stereocenters. The fraction of sp³-hybridized carbons (Fsp3) is 0.688. The minimum atomic E-state index is 0.357. The van der Waals surface area contributed by atoms with Gasteiger partial charge in [-0.1, -0.05) is 33.3 Å². The van der Waals surface area contributed by atoms with Crippen LogP contribution in [0.2, 0.25) is 0 Å². The largest absolute Gasteiger partial charge is 0.372 e. The third kappa shape index (κ3) is 3.93. The quantitative estimate of drug-likeness (QED) is 0.640. The molecule has 0 saturated heterocycles. The Bertz CT molecular complexity index is 422. The molecule has 1 aromatic heterocycles. The number of ether oxygens (including phenoxy) is 1. The van der Waals surface area contributed by atoms with Gasteiger partial charge in [0.2, 0.25) is 0 Å². The lowest BCUT2D eigenvalue weighted by Crippen LogP contribution is -2.34. The number of rotatable bonds is 5. The third-order valence-electron chi connectivity index (χ3n) is 4.36. The third-order valence-corrected chi connectivity index (χ3v) is 4.36. The second-order valence-corrected chi connectivity index (χ2v) is 6.33. The lowest BCUT2D eigenvalue weighted by molar-refractivity contribution is -0.0482. The van der Waals surface area contributed by atoms with Gasteiger partial charge in [0, 0.05) is 0 Å². The van der Waals surface area contributed by atoms with Crippen LogP contribution < -0.4 is 11.3 Å². The van der Waals surface area contributed by atoms with Gasteiger partial charge in [0.05, 0.1) is 18.4 Å². The number of pyridine rings is 1. The summed E-state index contributed by atoms with van der Waals surface area (Å²) >= 11 is 0. The van der Waals surface area contributed by atoms with Crippen molar-refractivity contribution in [3.05, 3.63) is 23.9 Å². The summed E-state index contributed by atoms with van der Waals surface area (Å²) in [6.07, 6.45) is 4.13. The average molecular weight is 277 g/mol. The van der Waals surface area contributed by atoms with Crippen LogP contribution >= 0.6 is 0 Å². The molecule has 4 nitrogen and oxygen atoms in total. The minimum absolute atomic E-state index is 0.357. The maximum Gasteiger partial charge on any atom is 0.140 e. The highest BCUT2D eigenvalue weighted by atomic mass is 16.5. The predicted octanol–water partition coefficient (Wildman–Crippen LogP) is 3.34. The molecule has 1 aromatic rings. The maximum absolute atomic E-state index is 6.18. The highest BCUT2D eigenvalue weighted by Crippen LogP contribution is 2.35. The zero-order valence-electron chi connectivity index (χ0n) is 12.8. The molecule has 112 valence electrons. The molecule has 1 saturated carbocycles. The first-order chi connectivity index (χ1) is 9.60. The predicted molar refractivity (Wildman–Crippen MR) is 82.0 cm³/mol. The monoisotopic (exact) mass is 277 g/mol. The second-order valence-electron chi connectivity index (χ2n) is 6.33. The Morgan fingerprint density at radius 2 is 2.20 bits per heavy atom. The zero-order valence-corrected chi connectivity index (χ0v) is 12.8. The van der Waals surface area contributed by atoms with Gasteiger partial charge in [-0.05, 0) is 42.7 Å². The zero-order chi connectivity index (χ0) is 14.5. The van der Waals surface area contributed by atoms with Crippen molar-refractivity contribution in [2.45, 2.75) is 52.7 Å². The van der Waals surface area contributed by atoms with Gasteiger partial charge in [-0.25, -0.2) is 10.8 Å². The second kappa shape index (κ2) is 7.04. The molecule has 1 aliphatic rings. The van der Waals surface area contributed by atoms with E-state index >= 15 is 0 Å². The number of anilines is 1. The standard InChI is InChI=1S/C16H27N3O/c1-11(2)14-8-7-12(3)9-15(14)20-10-13-5-4-6-16(18-13)19-17/h4-6,11-12,14-15H,7-10,17H2,1-3H3,(H,18,19). The van der Waals surface area contributed by atoms with E-state index in [0.717, 1.165) is 18.0 Å². The molecule has 2 rings (SSSR count). The lowest BCUT2D eigenvalue weighted by atomic mass is 9.75. The summed E-state index contributed by atoms with van der Waals surface area (Å²) in [7, 11) is 0. The number of nitrogen functional groups attached to an aromatic ring is 1. The van der Waals surface area contributed by atoms with E-state index in [2.05, 4.69) is 31.2 Å². The van der Waals surface area contributed by atoms with E-state index in [9.17, 15) is 0 Å². The Hall–Kier alpha value is -1.13. The number of hydrogen-bond acceptors (Lipinski definition) is 4. The Kier molecular flexibility index (Phi) is 5.38. The summed E-state index contributed by atoms with van der Waals surface area (Å²) in [5, 5.41) is 0. The van der Waals surface area contributed by atoms with Crippen molar-refractivity contribution in [1.82, 2.24) is 4.98 Å². The van der Waals surface area contributed by atoms with Crippen LogP contribution in [0.3, 0.4) is 0 Å². The van der Waals surface area contributed by atoms with Crippen molar-refractivity contribution in [3.63, 3.8) is 0 Å². The van der Waals surface area contributed by atoms with E-state index in [1.165, 1.54) is 12.8 Å². The SMILES string of the molecule is CC1CCC(C(C)C)C(OCc2cccc(NN)n2)C1. The summed E-state index contributed by atoms with van der Waals surface area (Å²) in [6.45, 7) is 7.49. The van der Waals surface area contributed by atoms with Crippen LogP contribution in [0.1, 0.15) is 45.7 Å². The molecule has 0 bridgehead atoms. The van der Waals surface area contributed by atoms with Crippen LogP contribution in [0.5, 0.6) is 0 Å². The van der Waals surface area contributed by atoms with Crippen LogP contribution in [0.25, 0.3) is 0 Å². The highest BCUT2D eigenvalue weighted by molar-refractivity contribution is 5.33. The van der Waals surface area contributed by atoms with Crippen molar-refractivity contribution in [2.24, 2.45) is 23.6 Å². The summed E-state index contributed by atoms with van der Waals surface area (Å²) in [5.41, 5.74) is 3.50. The molecule has 20 heavy (non-hydrogen) atoms. The molecular weight excluding hydrogens is 250 g/mol. The first kappa shape index (κ1) is 15.3. The van der Waals surface area contributed by atoms with E-state index in [-0.39, 0.29) is 0 Å². The molecule has 1 fully saturated rings. The lowest BCUT2D eigenvalue weighted by Gasteiger charge is -2.37. The van der Waals surface area contributed by atoms with E-state index in [1.54, 1.807) is 0 Å². The summed E-state index contributed by atoms with van der Waals surface area (Å²) in [4.78, 5) is 4.40. The Morgan fingerprint density at radius 1 is 1.40 bits per heavy atom. The van der Waals surface area contributed by atoms with E-state index in [4.69, 9.17) is 10.6 Å². The fourth-order valence-electron chi connectivity index (χ4n) is 3.14. The first-order valence-electron chi connectivity index (χ1n) is 7.64. The summed E-state index contributed by atoms with van der Waals surface area (Å²) in [5.74, 6) is 8.18. The molecule has 1 aliphatic carbocycles. The number of hydrogen-bond donors (Lipinski definition) is 2. The van der Waals surface area contributed by atoms with Gasteiger partial charge in [0.1, 0.15) is 5.82 Å². The fourth-order valence-corrected chi connectivity index (χ4v) is 3.14. The van der Waals surface area contributed by atoms with Crippen molar-refractivity contribution in [1.29, 1.82) is 0 Å². The van der Waals surface area contributed by atoms with Gasteiger partial charge in [0.25, 0.3) is 0 Å². The van der Waals surface area contributed by atoms with Gasteiger partial charge in [-0.15, -0.1) is 0 Å².